The highest BCUT2D eigenvalue weighted by atomic mass is 35.5. The van der Waals surface area contributed by atoms with Crippen molar-refractivity contribution in [2.45, 2.75) is 11.8 Å². The summed E-state index contributed by atoms with van der Waals surface area (Å²) in [5.74, 6) is -0.584. The lowest BCUT2D eigenvalue weighted by molar-refractivity contribution is 0.308. The molecule has 1 aromatic heterocycles. The molecule has 0 aliphatic carbocycles. The van der Waals surface area contributed by atoms with Gasteiger partial charge in [-0.05, 0) is 29.3 Å². The van der Waals surface area contributed by atoms with Crippen molar-refractivity contribution in [1.82, 2.24) is 14.9 Å². The number of rotatable bonds is 7. The first kappa shape index (κ1) is 30.1. The Bertz CT molecular complexity index is 2230. The number of aliphatic imine (C=N–C) groups is 1. The van der Waals surface area contributed by atoms with Crippen LogP contribution >= 0.6 is 23.2 Å². The van der Waals surface area contributed by atoms with E-state index in [1.54, 1.807) is 0 Å². The normalized spacial score (nSPS) is 17.3. The summed E-state index contributed by atoms with van der Waals surface area (Å²) in [4.78, 5) is 11.2. The molecule has 7 aromatic rings. The van der Waals surface area contributed by atoms with E-state index in [-0.39, 0.29) is 6.04 Å². The van der Waals surface area contributed by atoms with E-state index in [0.717, 1.165) is 50.5 Å². The quantitative estimate of drug-likeness (QED) is 0.185. The van der Waals surface area contributed by atoms with Gasteiger partial charge in [-0.1, -0.05) is 175 Å². The second-order valence-electron chi connectivity index (χ2n) is 11.7. The topological polar surface area (TPSA) is 42.2 Å². The zero-order valence-corrected chi connectivity index (χ0v) is 27.4. The molecular formula is C42H30Cl2N4. The molecule has 1 aliphatic heterocycles. The number of hydrogen-bond acceptors (Lipinski definition) is 3. The van der Waals surface area contributed by atoms with Gasteiger partial charge in [-0.15, -0.1) is 0 Å². The summed E-state index contributed by atoms with van der Waals surface area (Å²) < 4.78 is 2.21. The first-order valence-electron chi connectivity index (χ1n) is 15.9. The largest absolute Gasteiger partial charge is 0.281 e. The predicted octanol–water partition coefficient (Wildman–Crippen LogP) is 10.7. The number of nitrogens with zero attached hydrogens (tertiary/aromatic N) is 3. The standard InChI is InChI=1S/C42H30Cl2N4/c43-35-27-15-13-25-33(35)41-45-39(31-21-9-3-10-22-31)40(32-23-11-4-12-24-32)48(41)42(34-26-14-16-28-36(34)44)46-37(29-17-5-1-6-18-29)38(47-42)30-19-7-2-8-20-30/h1-28,37,46H. The van der Waals surface area contributed by atoms with Gasteiger partial charge in [0.15, 0.2) is 0 Å². The Balaban J connectivity index is 1.55. The molecule has 0 spiro atoms. The van der Waals surface area contributed by atoms with Crippen molar-refractivity contribution in [2.24, 2.45) is 4.99 Å². The lowest BCUT2D eigenvalue weighted by Gasteiger charge is -2.34. The van der Waals surface area contributed by atoms with Crippen molar-refractivity contribution in [1.29, 1.82) is 0 Å². The van der Waals surface area contributed by atoms with Crippen LogP contribution in [-0.4, -0.2) is 15.3 Å². The molecule has 0 radical (unpaired) electrons. The molecule has 4 nitrogen and oxygen atoms in total. The van der Waals surface area contributed by atoms with Crippen LogP contribution < -0.4 is 5.32 Å². The fourth-order valence-corrected chi connectivity index (χ4v) is 7.09. The molecule has 48 heavy (non-hydrogen) atoms. The van der Waals surface area contributed by atoms with Crippen molar-refractivity contribution < 1.29 is 0 Å². The highest BCUT2D eigenvalue weighted by molar-refractivity contribution is 6.33. The van der Waals surface area contributed by atoms with Gasteiger partial charge in [0.2, 0.25) is 5.79 Å². The molecule has 232 valence electrons. The van der Waals surface area contributed by atoms with Gasteiger partial charge in [0.1, 0.15) is 5.82 Å². The number of benzene rings is 6. The van der Waals surface area contributed by atoms with E-state index < -0.39 is 5.79 Å². The van der Waals surface area contributed by atoms with E-state index in [9.17, 15) is 0 Å². The molecule has 1 N–H and O–H groups in total. The van der Waals surface area contributed by atoms with Crippen molar-refractivity contribution in [3.05, 3.63) is 197 Å². The zero-order chi connectivity index (χ0) is 32.5. The Kier molecular flexibility index (Phi) is 7.99. The van der Waals surface area contributed by atoms with Crippen LogP contribution in [-0.2, 0) is 5.79 Å². The molecule has 0 saturated carbocycles. The van der Waals surface area contributed by atoms with Gasteiger partial charge in [-0.2, -0.15) is 0 Å². The molecular weight excluding hydrogens is 631 g/mol. The number of hydrogen-bond donors (Lipinski definition) is 1. The van der Waals surface area contributed by atoms with Gasteiger partial charge in [-0.25, -0.2) is 9.98 Å². The highest BCUT2D eigenvalue weighted by Gasteiger charge is 2.48. The third-order valence-electron chi connectivity index (χ3n) is 8.76. The fraction of sp³-hybridized carbons (Fsp3) is 0.0476. The molecule has 2 heterocycles. The van der Waals surface area contributed by atoms with Crippen molar-refractivity contribution in [3.63, 3.8) is 0 Å². The summed E-state index contributed by atoms with van der Waals surface area (Å²) in [6.45, 7) is 0. The molecule has 6 heteroatoms. The predicted molar refractivity (Wildman–Crippen MR) is 197 cm³/mol. The molecule has 0 fully saturated rings. The van der Waals surface area contributed by atoms with Gasteiger partial charge in [0.25, 0.3) is 0 Å². The summed E-state index contributed by atoms with van der Waals surface area (Å²) in [7, 11) is 0. The molecule has 6 aromatic carbocycles. The summed E-state index contributed by atoms with van der Waals surface area (Å²) >= 11 is 14.2. The van der Waals surface area contributed by atoms with E-state index in [4.69, 9.17) is 33.2 Å². The van der Waals surface area contributed by atoms with Crippen molar-refractivity contribution in [2.75, 3.05) is 0 Å². The van der Waals surface area contributed by atoms with E-state index in [2.05, 4.69) is 70.5 Å². The smallest absolute Gasteiger partial charge is 0.222 e. The monoisotopic (exact) mass is 660 g/mol. The molecule has 1 aliphatic rings. The number of imidazole rings is 1. The minimum Gasteiger partial charge on any atom is -0.281 e. The van der Waals surface area contributed by atoms with E-state index >= 15 is 0 Å². The average Bonchev–Trinajstić information content (AvgIpc) is 3.75. The molecule has 0 amide bonds. The third kappa shape index (κ3) is 5.25. The summed E-state index contributed by atoms with van der Waals surface area (Å²) in [5, 5.41) is 5.20. The first-order valence-corrected chi connectivity index (χ1v) is 16.6. The van der Waals surface area contributed by atoms with E-state index in [1.165, 1.54) is 0 Å². The van der Waals surface area contributed by atoms with Crippen LogP contribution in [0.2, 0.25) is 10.0 Å². The third-order valence-corrected chi connectivity index (χ3v) is 9.42. The zero-order valence-electron chi connectivity index (χ0n) is 25.8. The summed E-state index contributed by atoms with van der Waals surface area (Å²) in [6.07, 6.45) is 0. The van der Waals surface area contributed by atoms with Crippen LogP contribution in [0.15, 0.2) is 175 Å². The Hall–Kier alpha value is -5.26. The fourth-order valence-electron chi connectivity index (χ4n) is 6.60. The lowest BCUT2D eigenvalue weighted by Crippen LogP contribution is -2.46. The lowest BCUT2D eigenvalue weighted by atomic mass is 9.97. The van der Waals surface area contributed by atoms with E-state index in [1.807, 2.05) is 109 Å². The Morgan fingerprint density at radius 3 is 1.69 bits per heavy atom. The first-order chi connectivity index (χ1) is 23.6. The van der Waals surface area contributed by atoms with Crippen molar-refractivity contribution in [3.8, 4) is 33.9 Å². The summed E-state index contributed by atoms with van der Waals surface area (Å²) in [6, 6.07) is 56.8. The van der Waals surface area contributed by atoms with Crippen LogP contribution in [0.5, 0.6) is 0 Å². The second-order valence-corrected chi connectivity index (χ2v) is 12.5. The van der Waals surface area contributed by atoms with Crippen molar-refractivity contribution >= 4 is 28.9 Å². The van der Waals surface area contributed by atoms with E-state index in [0.29, 0.717) is 15.9 Å². The Morgan fingerprint density at radius 1 is 0.542 bits per heavy atom. The maximum absolute atomic E-state index is 7.21. The maximum atomic E-state index is 7.21. The van der Waals surface area contributed by atoms with Gasteiger partial charge < -0.3 is 0 Å². The SMILES string of the molecule is Clc1ccccc1-c1nc(-c2ccccc2)c(-c2ccccc2)n1C1(c2ccccc2Cl)N=C(c2ccccc2)C(c2ccccc2)N1. The number of aromatic nitrogens is 2. The molecule has 0 saturated heterocycles. The maximum Gasteiger partial charge on any atom is 0.222 e. The van der Waals surface area contributed by atoms with Crippen LogP contribution in [0.4, 0.5) is 0 Å². The molecule has 0 bridgehead atoms. The van der Waals surface area contributed by atoms with Crippen LogP contribution in [0.3, 0.4) is 0 Å². The van der Waals surface area contributed by atoms with Crippen LogP contribution in [0, 0.1) is 0 Å². The van der Waals surface area contributed by atoms with Gasteiger partial charge in [0.05, 0.1) is 28.2 Å². The number of nitrogens with one attached hydrogen (secondary N) is 1. The minimum atomic E-state index is -1.25. The Labute approximate surface area is 290 Å². The second kappa shape index (κ2) is 12.7. The molecule has 2 atom stereocenters. The molecule has 8 rings (SSSR count). The van der Waals surface area contributed by atoms with Gasteiger partial charge >= 0.3 is 0 Å². The highest BCUT2D eigenvalue weighted by Crippen LogP contribution is 2.48. The van der Waals surface area contributed by atoms with Gasteiger partial charge in [-0.3, -0.25) is 9.88 Å². The minimum absolute atomic E-state index is 0.282. The van der Waals surface area contributed by atoms with Crippen LogP contribution in [0.1, 0.15) is 22.7 Å². The Morgan fingerprint density at radius 2 is 1.06 bits per heavy atom. The van der Waals surface area contributed by atoms with Crippen LogP contribution in [0.25, 0.3) is 33.9 Å². The molecule has 2 unspecified atom stereocenters. The summed E-state index contributed by atoms with van der Waals surface area (Å²) in [5.41, 5.74) is 8.21. The number of halogens is 2. The van der Waals surface area contributed by atoms with Gasteiger partial charge in [0, 0.05) is 27.3 Å². The average molecular weight is 662 g/mol.